The monoisotopic (exact) mass is 484 g/mol. The Morgan fingerprint density at radius 2 is 1.03 bits per heavy atom. The quantitative estimate of drug-likeness (QED) is 0.179. The first-order valence-electron chi connectivity index (χ1n) is 11.6. The average molecular weight is 485 g/mol. The van der Waals surface area contributed by atoms with Crippen LogP contribution in [-0.4, -0.2) is 41.0 Å². The summed E-state index contributed by atoms with van der Waals surface area (Å²) in [7, 11) is 0. The summed E-state index contributed by atoms with van der Waals surface area (Å²) in [6.45, 7) is 18.6. The van der Waals surface area contributed by atoms with Gasteiger partial charge in [-0.2, -0.15) is 23.5 Å². The van der Waals surface area contributed by atoms with Crippen molar-refractivity contribution in [2.24, 2.45) is 0 Å². The van der Waals surface area contributed by atoms with Crippen molar-refractivity contribution >= 4 is 35.7 Å². The zero-order valence-electron chi connectivity index (χ0n) is 20.8. The third kappa shape index (κ3) is 11.5. The predicted molar refractivity (Wildman–Crippen MR) is 150 cm³/mol. The van der Waals surface area contributed by atoms with E-state index < -0.39 is 0 Å². The molecule has 2 aromatic carbocycles. The van der Waals surface area contributed by atoms with E-state index in [2.05, 4.69) is 89.4 Å². The van der Waals surface area contributed by atoms with E-state index >= 15 is 0 Å². The summed E-state index contributed by atoms with van der Waals surface area (Å²) in [5.41, 5.74) is 5.05. The second kappa shape index (κ2) is 14.1. The van der Waals surface area contributed by atoms with Crippen LogP contribution in [0.2, 0.25) is 0 Å². The third-order valence-electron chi connectivity index (χ3n) is 5.30. The lowest BCUT2D eigenvalue weighted by molar-refractivity contribution is -0.0427. The molecule has 0 saturated carbocycles. The fraction of sp³-hybridized carbons (Fsp3) is 0.448. The lowest BCUT2D eigenvalue weighted by atomic mass is 10.0. The van der Waals surface area contributed by atoms with Gasteiger partial charge in [-0.1, -0.05) is 102 Å². The molecule has 0 atom stereocenters. The van der Waals surface area contributed by atoms with Crippen LogP contribution in [0.4, 0.5) is 0 Å². The summed E-state index contributed by atoms with van der Waals surface area (Å²) in [6.07, 6.45) is 5.84. The largest absolute Gasteiger partial charge is 0.355 e. The van der Waals surface area contributed by atoms with Crippen molar-refractivity contribution in [3.8, 4) is 0 Å². The molecule has 0 amide bonds. The Bertz CT molecular complexity index is 767. The molecule has 180 valence electrons. The predicted octanol–water partition coefficient (Wildman–Crippen LogP) is 7.77. The number of thioether (sulfide) groups is 2. The van der Waals surface area contributed by atoms with Crippen molar-refractivity contribution in [1.82, 2.24) is 0 Å². The van der Waals surface area contributed by atoms with E-state index in [-0.39, 0.29) is 9.49 Å². The zero-order valence-corrected chi connectivity index (χ0v) is 22.4. The Balaban J connectivity index is 1.53. The molecule has 0 saturated heterocycles. The normalized spacial score (nSPS) is 12.0. The van der Waals surface area contributed by atoms with Crippen LogP contribution in [0.3, 0.4) is 0 Å². The lowest BCUT2D eigenvalue weighted by Gasteiger charge is -2.24. The Kier molecular flexibility index (Phi) is 11.8. The summed E-state index contributed by atoms with van der Waals surface area (Å²) in [5.74, 6) is 1.93. The first-order chi connectivity index (χ1) is 15.7. The van der Waals surface area contributed by atoms with Gasteiger partial charge in [0.25, 0.3) is 0 Å². The Morgan fingerprint density at radius 3 is 1.36 bits per heavy atom. The fourth-order valence-electron chi connectivity index (χ4n) is 3.56. The van der Waals surface area contributed by atoms with E-state index in [1.54, 1.807) is 0 Å². The van der Waals surface area contributed by atoms with Crippen LogP contribution in [0.25, 0.3) is 12.2 Å². The van der Waals surface area contributed by atoms with Crippen LogP contribution in [0.5, 0.6) is 0 Å². The SMILES string of the molecule is C=Cc1ccc(CC(C)(C)SCCOCOCCSC(C)(C)Cc2ccc(C=C)cc2)cc1. The van der Waals surface area contributed by atoms with E-state index in [9.17, 15) is 0 Å². The van der Waals surface area contributed by atoms with Gasteiger partial charge in [-0.05, 0) is 35.1 Å². The van der Waals surface area contributed by atoms with Crippen LogP contribution >= 0.6 is 23.5 Å². The highest BCUT2D eigenvalue weighted by molar-refractivity contribution is 8.00. The van der Waals surface area contributed by atoms with E-state index in [1.807, 2.05) is 35.7 Å². The molecule has 0 spiro atoms. The highest BCUT2D eigenvalue weighted by Gasteiger charge is 2.20. The molecule has 2 aromatic rings. The van der Waals surface area contributed by atoms with Crippen molar-refractivity contribution in [2.75, 3.05) is 31.5 Å². The van der Waals surface area contributed by atoms with E-state index in [4.69, 9.17) is 9.47 Å². The Labute approximate surface area is 210 Å². The molecule has 4 heteroatoms. The summed E-state index contributed by atoms with van der Waals surface area (Å²) >= 11 is 3.90. The van der Waals surface area contributed by atoms with Crippen LogP contribution in [0.15, 0.2) is 61.7 Å². The van der Waals surface area contributed by atoms with Crippen molar-refractivity contribution in [1.29, 1.82) is 0 Å². The maximum absolute atomic E-state index is 5.69. The van der Waals surface area contributed by atoms with Gasteiger partial charge in [0.2, 0.25) is 0 Å². The minimum absolute atomic E-state index is 0.175. The highest BCUT2D eigenvalue weighted by atomic mass is 32.2. The minimum Gasteiger partial charge on any atom is -0.355 e. The maximum atomic E-state index is 5.69. The Morgan fingerprint density at radius 1 is 0.667 bits per heavy atom. The summed E-state index contributed by atoms with van der Waals surface area (Å²) < 4.78 is 11.7. The number of ether oxygens (including phenoxy) is 2. The summed E-state index contributed by atoms with van der Waals surface area (Å²) in [4.78, 5) is 0. The van der Waals surface area contributed by atoms with Crippen LogP contribution in [0.1, 0.15) is 49.9 Å². The number of hydrogen-bond acceptors (Lipinski definition) is 4. The molecule has 0 aliphatic rings. The van der Waals surface area contributed by atoms with Crippen LogP contribution < -0.4 is 0 Å². The van der Waals surface area contributed by atoms with Gasteiger partial charge in [0.15, 0.2) is 0 Å². The van der Waals surface area contributed by atoms with Gasteiger partial charge in [-0.25, -0.2) is 0 Å². The molecule has 0 heterocycles. The van der Waals surface area contributed by atoms with E-state index in [0.29, 0.717) is 20.0 Å². The smallest absolute Gasteiger partial charge is 0.146 e. The van der Waals surface area contributed by atoms with Crippen molar-refractivity contribution in [3.63, 3.8) is 0 Å². The molecule has 0 radical (unpaired) electrons. The molecule has 0 aromatic heterocycles. The average Bonchev–Trinajstić information content (AvgIpc) is 2.78. The number of rotatable bonds is 16. The molecule has 2 nitrogen and oxygen atoms in total. The third-order valence-corrected chi connectivity index (χ3v) is 7.89. The van der Waals surface area contributed by atoms with Gasteiger partial charge in [-0.15, -0.1) is 0 Å². The van der Waals surface area contributed by atoms with E-state index in [1.165, 1.54) is 11.1 Å². The van der Waals surface area contributed by atoms with Gasteiger partial charge >= 0.3 is 0 Å². The molecule has 33 heavy (non-hydrogen) atoms. The van der Waals surface area contributed by atoms with Crippen LogP contribution in [0, 0.1) is 0 Å². The molecule has 0 fully saturated rings. The summed E-state index contributed by atoms with van der Waals surface area (Å²) in [6, 6.07) is 17.3. The molecule has 0 aliphatic carbocycles. The molecule has 0 unspecified atom stereocenters. The number of hydrogen-bond donors (Lipinski definition) is 0. The second-order valence-corrected chi connectivity index (χ2v) is 13.0. The van der Waals surface area contributed by atoms with Crippen molar-refractivity contribution in [3.05, 3.63) is 83.9 Å². The molecular formula is C29H40O2S2. The fourth-order valence-corrected chi connectivity index (χ4v) is 5.60. The van der Waals surface area contributed by atoms with Crippen LogP contribution in [-0.2, 0) is 22.3 Å². The van der Waals surface area contributed by atoms with E-state index in [0.717, 1.165) is 35.5 Å². The molecule has 2 rings (SSSR count). The first kappa shape index (κ1) is 27.8. The highest BCUT2D eigenvalue weighted by Crippen LogP contribution is 2.29. The van der Waals surface area contributed by atoms with Gasteiger partial charge in [-0.3, -0.25) is 0 Å². The Hall–Kier alpha value is -1.46. The lowest BCUT2D eigenvalue weighted by Crippen LogP contribution is -2.21. The van der Waals surface area contributed by atoms with Crippen molar-refractivity contribution < 1.29 is 9.47 Å². The summed E-state index contributed by atoms with van der Waals surface area (Å²) in [5, 5.41) is 0. The van der Waals surface area contributed by atoms with Gasteiger partial charge in [0, 0.05) is 21.0 Å². The van der Waals surface area contributed by atoms with Crippen molar-refractivity contribution in [2.45, 2.75) is 50.0 Å². The topological polar surface area (TPSA) is 18.5 Å². The van der Waals surface area contributed by atoms with Gasteiger partial charge in [0.05, 0.1) is 13.2 Å². The second-order valence-electron chi connectivity index (χ2n) is 9.40. The molecule has 0 N–H and O–H groups in total. The molecule has 0 aliphatic heterocycles. The standard InChI is InChI=1S/C29H40O2S2/c1-7-24-9-13-26(14-10-24)21-28(3,4)32-19-17-30-23-31-18-20-33-29(5,6)22-27-15-11-25(8-2)12-16-27/h7-16H,1-2,17-23H2,3-6H3. The first-order valence-corrected chi connectivity index (χ1v) is 13.6. The maximum Gasteiger partial charge on any atom is 0.146 e. The minimum atomic E-state index is 0.175. The van der Waals surface area contributed by atoms with Gasteiger partial charge < -0.3 is 9.47 Å². The van der Waals surface area contributed by atoms with Gasteiger partial charge in [0.1, 0.15) is 6.79 Å². The molecule has 0 bridgehead atoms. The number of benzene rings is 2. The zero-order chi connectivity index (χ0) is 24.2. The molecular weight excluding hydrogens is 444 g/mol.